The van der Waals surface area contributed by atoms with Gasteiger partial charge in [-0.2, -0.15) is 0 Å². The zero-order chi connectivity index (χ0) is 26.4. The number of halogens is 2. The second kappa shape index (κ2) is 11.8. The smallest absolute Gasteiger partial charge is 0.410 e. The molecule has 1 aliphatic rings. The van der Waals surface area contributed by atoms with Crippen LogP contribution in [0.2, 0.25) is 0 Å². The second-order valence-electron chi connectivity index (χ2n) is 8.67. The lowest BCUT2D eigenvalue weighted by atomic mass is 9.80. The Morgan fingerprint density at radius 2 is 1.78 bits per heavy atom. The number of thiocarbonyl (C=S) groups is 1. The van der Waals surface area contributed by atoms with Gasteiger partial charge in [0, 0.05) is 28.1 Å². The Hall–Kier alpha value is -3.34. The predicted octanol–water partition coefficient (Wildman–Crippen LogP) is 4.35. The van der Waals surface area contributed by atoms with Crippen molar-refractivity contribution in [3.8, 4) is 0 Å². The summed E-state index contributed by atoms with van der Waals surface area (Å²) in [6.07, 6.45) is -0.611. The van der Waals surface area contributed by atoms with Gasteiger partial charge < -0.3 is 20.1 Å². The lowest BCUT2D eigenvalue weighted by Gasteiger charge is -2.36. The summed E-state index contributed by atoms with van der Waals surface area (Å²) in [5, 5.41) is 15.9. The lowest BCUT2D eigenvalue weighted by molar-refractivity contribution is 0.0970. The molecule has 0 spiro atoms. The molecule has 2 amide bonds. The number of carbonyl (C=O) groups excluding carboxylic acids is 2. The molecule has 37 heavy (non-hydrogen) atoms. The third kappa shape index (κ3) is 6.15. The molecular weight excluding hydrogens is 561 g/mol. The Kier molecular flexibility index (Phi) is 8.52. The lowest BCUT2D eigenvalue weighted by Crippen LogP contribution is -2.56. The minimum Gasteiger partial charge on any atom is -0.445 e. The van der Waals surface area contributed by atoms with E-state index in [1.165, 1.54) is 11.0 Å². The number of ether oxygens (including phenoxy) is 1. The first-order valence-electron chi connectivity index (χ1n) is 11.5. The van der Waals surface area contributed by atoms with Crippen molar-refractivity contribution in [3.63, 3.8) is 0 Å². The van der Waals surface area contributed by atoms with Crippen molar-refractivity contribution in [3.05, 3.63) is 106 Å². The highest BCUT2D eigenvalue weighted by Crippen LogP contribution is 2.39. The van der Waals surface area contributed by atoms with Crippen LogP contribution in [0.3, 0.4) is 0 Å². The third-order valence-corrected chi connectivity index (χ3v) is 6.97. The molecular formula is C27H25BrFN3O4S. The first-order chi connectivity index (χ1) is 17.8. The van der Waals surface area contributed by atoms with E-state index in [1.807, 2.05) is 30.3 Å². The number of benzene rings is 3. The van der Waals surface area contributed by atoms with Crippen molar-refractivity contribution in [1.82, 2.24) is 15.5 Å². The van der Waals surface area contributed by atoms with Gasteiger partial charge in [-0.1, -0.05) is 64.5 Å². The fourth-order valence-electron chi connectivity index (χ4n) is 4.43. The molecule has 0 bridgehead atoms. The van der Waals surface area contributed by atoms with E-state index in [9.17, 15) is 14.7 Å². The quantitative estimate of drug-likeness (QED) is 0.373. The van der Waals surface area contributed by atoms with E-state index in [4.69, 9.17) is 17.0 Å². The SMILES string of the molecule is O=C(NC(=S)NC1(c2cc(Br)ccc2F)CN(C(=O)OCc2ccccc2)CC1CO)c1ccccc1. The van der Waals surface area contributed by atoms with Gasteiger partial charge >= 0.3 is 6.09 Å². The molecule has 1 saturated heterocycles. The van der Waals surface area contributed by atoms with Gasteiger partial charge in [-0.3, -0.25) is 10.1 Å². The molecule has 4 rings (SSSR count). The molecule has 10 heteroatoms. The molecule has 2 atom stereocenters. The molecule has 1 fully saturated rings. The topological polar surface area (TPSA) is 90.9 Å². The van der Waals surface area contributed by atoms with Crippen LogP contribution in [-0.2, 0) is 16.9 Å². The van der Waals surface area contributed by atoms with Crippen LogP contribution >= 0.6 is 28.1 Å². The molecule has 0 saturated carbocycles. The maximum atomic E-state index is 15.2. The van der Waals surface area contributed by atoms with E-state index in [1.54, 1.807) is 42.5 Å². The van der Waals surface area contributed by atoms with Gasteiger partial charge in [0.1, 0.15) is 12.4 Å². The highest BCUT2D eigenvalue weighted by atomic mass is 79.9. The van der Waals surface area contributed by atoms with Crippen LogP contribution in [0, 0.1) is 11.7 Å². The van der Waals surface area contributed by atoms with Crippen molar-refractivity contribution in [2.24, 2.45) is 5.92 Å². The van der Waals surface area contributed by atoms with Crippen LogP contribution in [0.5, 0.6) is 0 Å². The molecule has 1 aliphatic heterocycles. The van der Waals surface area contributed by atoms with E-state index in [0.717, 1.165) is 5.56 Å². The summed E-state index contributed by atoms with van der Waals surface area (Å²) in [6, 6.07) is 22.2. The van der Waals surface area contributed by atoms with Crippen LogP contribution in [0.4, 0.5) is 9.18 Å². The standard InChI is InChI=1S/C27H25BrFN3O4S/c28-21-11-12-23(29)22(13-21)27(31-25(37)30-24(34)19-9-5-2-6-10-19)17-32(14-20(27)15-33)26(35)36-16-18-7-3-1-4-8-18/h1-13,20,33H,14-17H2,(H2,30,31,34,37). The van der Waals surface area contributed by atoms with Crippen molar-refractivity contribution in [2.45, 2.75) is 12.1 Å². The number of nitrogens with one attached hydrogen (secondary N) is 2. The molecule has 3 aromatic carbocycles. The van der Waals surface area contributed by atoms with Gasteiger partial charge in [0.15, 0.2) is 5.11 Å². The molecule has 0 aromatic heterocycles. The zero-order valence-corrected chi connectivity index (χ0v) is 22.1. The number of aliphatic hydroxyl groups excluding tert-OH is 1. The van der Waals surface area contributed by atoms with Crippen LogP contribution < -0.4 is 10.6 Å². The van der Waals surface area contributed by atoms with Gasteiger partial charge in [-0.25, -0.2) is 9.18 Å². The summed E-state index contributed by atoms with van der Waals surface area (Å²) in [6.45, 7) is -0.285. The fraction of sp³-hybridized carbons (Fsp3) is 0.222. The third-order valence-electron chi connectivity index (χ3n) is 6.27. The molecule has 192 valence electrons. The van der Waals surface area contributed by atoms with Crippen molar-refractivity contribution >= 4 is 45.3 Å². The number of amides is 2. The maximum Gasteiger partial charge on any atom is 0.410 e. The van der Waals surface area contributed by atoms with E-state index in [0.29, 0.717) is 10.0 Å². The van der Waals surface area contributed by atoms with E-state index < -0.39 is 29.3 Å². The Bertz CT molecular complexity index is 1280. The van der Waals surface area contributed by atoms with Gasteiger partial charge in [0.2, 0.25) is 0 Å². The molecule has 7 nitrogen and oxygen atoms in total. The highest BCUT2D eigenvalue weighted by Gasteiger charge is 2.51. The molecule has 2 unspecified atom stereocenters. The number of rotatable bonds is 6. The number of hydrogen-bond donors (Lipinski definition) is 3. The van der Waals surface area contributed by atoms with Gasteiger partial charge in [0.25, 0.3) is 5.91 Å². The Balaban J connectivity index is 1.60. The minimum absolute atomic E-state index is 0.0550. The van der Waals surface area contributed by atoms with Crippen LogP contribution in [0.15, 0.2) is 83.3 Å². The second-order valence-corrected chi connectivity index (χ2v) is 9.99. The molecule has 3 aromatic rings. The maximum absolute atomic E-state index is 15.2. The van der Waals surface area contributed by atoms with Crippen molar-refractivity contribution in [1.29, 1.82) is 0 Å². The summed E-state index contributed by atoms with van der Waals surface area (Å²) in [4.78, 5) is 27.1. The molecule has 1 heterocycles. The number of likely N-dealkylation sites (tertiary alicyclic amines) is 1. The molecule has 3 N–H and O–H groups in total. The highest BCUT2D eigenvalue weighted by molar-refractivity contribution is 9.10. The number of carbonyl (C=O) groups is 2. The summed E-state index contributed by atoms with van der Waals surface area (Å²) in [5.41, 5.74) is 0.0669. The van der Waals surface area contributed by atoms with Crippen LogP contribution in [0.25, 0.3) is 0 Å². The fourth-order valence-corrected chi connectivity index (χ4v) is 5.07. The summed E-state index contributed by atoms with van der Waals surface area (Å²) in [5.74, 6) is -1.65. The first kappa shape index (κ1) is 26.7. The number of nitrogens with zero attached hydrogens (tertiary/aromatic N) is 1. The Morgan fingerprint density at radius 1 is 1.11 bits per heavy atom. The largest absolute Gasteiger partial charge is 0.445 e. The van der Waals surface area contributed by atoms with Gasteiger partial charge in [-0.15, -0.1) is 0 Å². The van der Waals surface area contributed by atoms with Crippen LogP contribution in [-0.4, -0.2) is 46.8 Å². The average molecular weight is 586 g/mol. The molecule has 0 radical (unpaired) electrons. The predicted molar refractivity (Wildman–Crippen MR) is 144 cm³/mol. The number of aliphatic hydroxyl groups is 1. The van der Waals surface area contributed by atoms with E-state index >= 15 is 4.39 Å². The monoisotopic (exact) mass is 585 g/mol. The summed E-state index contributed by atoms with van der Waals surface area (Å²) < 4.78 is 21.3. The van der Waals surface area contributed by atoms with Gasteiger partial charge in [0.05, 0.1) is 18.7 Å². The Labute approximate surface area is 227 Å². The van der Waals surface area contributed by atoms with Gasteiger partial charge in [-0.05, 0) is 48.1 Å². The summed E-state index contributed by atoms with van der Waals surface area (Å²) in [7, 11) is 0. The van der Waals surface area contributed by atoms with Crippen molar-refractivity contribution < 1.29 is 23.8 Å². The Morgan fingerprint density at radius 3 is 2.46 bits per heavy atom. The normalized spacial score (nSPS) is 18.8. The van der Waals surface area contributed by atoms with Crippen LogP contribution in [0.1, 0.15) is 21.5 Å². The zero-order valence-electron chi connectivity index (χ0n) is 19.7. The minimum atomic E-state index is -1.34. The number of hydrogen-bond acceptors (Lipinski definition) is 5. The summed E-state index contributed by atoms with van der Waals surface area (Å²) >= 11 is 8.82. The van der Waals surface area contributed by atoms with E-state index in [-0.39, 0.29) is 37.0 Å². The average Bonchev–Trinajstić information content (AvgIpc) is 3.28. The molecule has 0 aliphatic carbocycles. The van der Waals surface area contributed by atoms with E-state index in [2.05, 4.69) is 26.6 Å². The van der Waals surface area contributed by atoms with Crippen molar-refractivity contribution in [2.75, 3.05) is 19.7 Å². The first-order valence-corrected chi connectivity index (χ1v) is 12.7.